The van der Waals surface area contributed by atoms with Gasteiger partial charge in [-0.2, -0.15) is 0 Å². The first-order valence-electron chi connectivity index (χ1n) is 17.1. The van der Waals surface area contributed by atoms with Gasteiger partial charge < -0.3 is 9.32 Å². The van der Waals surface area contributed by atoms with Gasteiger partial charge in [0.25, 0.3) is 0 Å². The Morgan fingerprint density at radius 1 is 0.360 bits per heavy atom. The molecule has 0 radical (unpaired) electrons. The number of nitrogens with zero attached hydrogens (tertiary/aromatic N) is 1. The average Bonchev–Trinajstić information content (AvgIpc) is 3.58. The molecule has 9 aromatic carbocycles. The van der Waals surface area contributed by atoms with Gasteiger partial charge in [0.05, 0.1) is 11.4 Å². The van der Waals surface area contributed by atoms with Gasteiger partial charge in [-0.1, -0.05) is 152 Å². The van der Waals surface area contributed by atoms with Crippen molar-refractivity contribution < 1.29 is 4.42 Å². The first kappa shape index (κ1) is 28.4. The van der Waals surface area contributed by atoms with Gasteiger partial charge in [0.15, 0.2) is 0 Å². The van der Waals surface area contributed by atoms with E-state index in [0.717, 1.165) is 55.5 Å². The normalized spacial score (nSPS) is 11.6. The fourth-order valence-corrected chi connectivity index (χ4v) is 7.75. The Kier molecular flexibility index (Phi) is 6.53. The molecule has 0 amide bonds. The number of rotatable bonds is 5. The third-order valence-corrected chi connectivity index (χ3v) is 10.0. The van der Waals surface area contributed by atoms with Crippen LogP contribution in [-0.2, 0) is 0 Å². The van der Waals surface area contributed by atoms with E-state index in [0.29, 0.717) is 0 Å². The molecule has 0 bridgehead atoms. The number of benzene rings is 9. The molecule has 2 heteroatoms. The van der Waals surface area contributed by atoms with Crippen LogP contribution in [0.15, 0.2) is 192 Å². The molecule has 2 nitrogen and oxygen atoms in total. The highest BCUT2D eigenvalue weighted by Gasteiger charge is 2.20. The Morgan fingerprint density at radius 2 is 0.900 bits per heavy atom. The number of hydrogen-bond acceptors (Lipinski definition) is 2. The maximum absolute atomic E-state index is 6.67. The minimum absolute atomic E-state index is 0.894. The molecule has 0 unspecified atom stereocenters. The van der Waals surface area contributed by atoms with Crippen molar-refractivity contribution in [1.29, 1.82) is 0 Å². The van der Waals surface area contributed by atoms with E-state index in [1.807, 2.05) is 0 Å². The topological polar surface area (TPSA) is 16.4 Å². The van der Waals surface area contributed by atoms with Crippen molar-refractivity contribution in [3.63, 3.8) is 0 Å². The highest BCUT2D eigenvalue weighted by molar-refractivity contribution is 6.22. The molecule has 0 aliphatic heterocycles. The Hall–Kier alpha value is -6.64. The third-order valence-electron chi connectivity index (χ3n) is 10.0. The van der Waals surface area contributed by atoms with Crippen molar-refractivity contribution in [2.45, 2.75) is 0 Å². The van der Waals surface area contributed by atoms with E-state index in [-0.39, 0.29) is 0 Å². The lowest BCUT2D eigenvalue weighted by atomic mass is 9.93. The number of anilines is 3. The van der Waals surface area contributed by atoms with Crippen LogP contribution in [0, 0.1) is 0 Å². The molecule has 0 aliphatic rings. The molecular formula is C48H31NO. The Balaban J connectivity index is 1.17. The van der Waals surface area contributed by atoms with E-state index in [4.69, 9.17) is 4.42 Å². The summed E-state index contributed by atoms with van der Waals surface area (Å²) in [6, 6.07) is 67.4. The first-order valence-corrected chi connectivity index (χ1v) is 17.1. The molecule has 1 heterocycles. The third kappa shape index (κ3) is 4.50. The summed E-state index contributed by atoms with van der Waals surface area (Å²) >= 11 is 0. The second-order valence-corrected chi connectivity index (χ2v) is 12.9. The van der Waals surface area contributed by atoms with E-state index >= 15 is 0 Å². The summed E-state index contributed by atoms with van der Waals surface area (Å²) in [5.74, 6) is 0. The maximum Gasteiger partial charge on any atom is 0.143 e. The molecule has 1 aromatic heterocycles. The molecule has 0 atom stereocenters. The van der Waals surface area contributed by atoms with E-state index < -0.39 is 0 Å². The molecule has 0 saturated carbocycles. The van der Waals surface area contributed by atoms with Crippen LogP contribution in [0.5, 0.6) is 0 Å². The molecule has 0 aliphatic carbocycles. The van der Waals surface area contributed by atoms with Crippen LogP contribution in [-0.4, -0.2) is 0 Å². The van der Waals surface area contributed by atoms with Gasteiger partial charge in [-0.25, -0.2) is 0 Å². The largest absolute Gasteiger partial charge is 0.455 e. The lowest BCUT2D eigenvalue weighted by molar-refractivity contribution is 0.673. The Morgan fingerprint density at radius 3 is 1.58 bits per heavy atom. The van der Waals surface area contributed by atoms with Crippen LogP contribution < -0.4 is 4.90 Å². The molecule has 50 heavy (non-hydrogen) atoms. The van der Waals surface area contributed by atoms with Crippen molar-refractivity contribution in [1.82, 2.24) is 0 Å². The van der Waals surface area contributed by atoms with Crippen LogP contribution in [0.2, 0.25) is 0 Å². The Labute approximate surface area is 290 Å². The molecule has 10 rings (SSSR count). The van der Waals surface area contributed by atoms with Crippen LogP contribution >= 0.6 is 0 Å². The maximum atomic E-state index is 6.67. The van der Waals surface area contributed by atoms with Crippen molar-refractivity contribution in [3.8, 4) is 22.3 Å². The summed E-state index contributed by atoms with van der Waals surface area (Å²) in [6.07, 6.45) is 0. The number of furan rings is 1. The predicted octanol–water partition coefficient (Wildman–Crippen LogP) is 13.8. The number of hydrogen-bond donors (Lipinski definition) is 0. The lowest BCUT2D eigenvalue weighted by Gasteiger charge is -2.28. The van der Waals surface area contributed by atoms with Gasteiger partial charge in [0.2, 0.25) is 0 Å². The molecule has 0 fully saturated rings. The highest BCUT2D eigenvalue weighted by Crippen LogP contribution is 2.45. The molecule has 0 N–H and O–H groups in total. The van der Waals surface area contributed by atoms with Crippen LogP contribution in [0.25, 0.3) is 76.5 Å². The zero-order chi connectivity index (χ0) is 33.0. The second-order valence-electron chi connectivity index (χ2n) is 12.9. The zero-order valence-electron chi connectivity index (χ0n) is 27.3. The van der Waals surface area contributed by atoms with E-state index in [1.54, 1.807) is 0 Å². The monoisotopic (exact) mass is 637 g/mol. The van der Waals surface area contributed by atoms with Crippen molar-refractivity contribution in [2.24, 2.45) is 0 Å². The Bertz CT molecular complexity index is 2780. The van der Waals surface area contributed by atoms with Gasteiger partial charge in [0, 0.05) is 32.6 Å². The fraction of sp³-hybridized carbons (Fsp3) is 0. The highest BCUT2D eigenvalue weighted by atomic mass is 16.3. The van der Waals surface area contributed by atoms with Gasteiger partial charge in [-0.3, -0.25) is 0 Å². The standard InChI is InChI=1S/C48H31NO/c1-2-13-34(14-3-1)42-31-43-47-39(23-12-26-46(47)50-48(43)41-22-9-8-21-40(41)42)35-27-29-36(30-28-35)49(44-24-10-17-32-15-4-6-19-37(32)44)45-25-11-18-33-16-5-7-20-38(33)45/h1-31H. The predicted molar refractivity (Wildman–Crippen MR) is 212 cm³/mol. The first-order chi connectivity index (χ1) is 24.8. The summed E-state index contributed by atoms with van der Waals surface area (Å²) in [5.41, 5.74) is 9.93. The average molecular weight is 638 g/mol. The smallest absolute Gasteiger partial charge is 0.143 e. The van der Waals surface area contributed by atoms with Crippen molar-refractivity contribution in [3.05, 3.63) is 188 Å². The summed E-state index contributed by atoms with van der Waals surface area (Å²) in [5, 5.41) is 9.44. The van der Waals surface area contributed by atoms with Gasteiger partial charge in [-0.05, 0) is 74.8 Å². The van der Waals surface area contributed by atoms with Gasteiger partial charge >= 0.3 is 0 Å². The summed E-state index contributed by atoms with van der Waals surface area (Å²) in [7, 11) is 0. The molecular weight excluding hydrogens is 607 g/mol. The zero-order valence-corrected chi connectivity index (χ0v) is 27.3. The van der Waals surface area contributed by atoms with Crippen LogP contribution in [0.4, 0.5) is 17.1 Å². The molecule has 0 spiro atoms. The van der Waals surface area contributed by atoms with Crippen molar-refractivity contribution in [2.75, 3.05) is 4.90 Å². The van der Waals surface area contributed by atoms with E-state index in [2.05, 4.69) is 193 Å². The van der Waals surface area contributed by atoms with Crippen LogP contribution in [0.3, 0.4) is 0 Å². The minimum atomic E-state index is 0.894. The summed E-state index contributed by atoms with van der Waals surface area (Å²) < 4.78 is 6.67. The minimum Gasteiger partial charge on any atom is -0.455 e. The molecule has 10 aromatic rings. The molecule has 234 valence electrons. The van der Waals surface area contributed by atoms with Crippen molar-refractivity contribution >= 4 is 71.3 Å². The van der Waals surface area contributed by atoms with E-state index in [1.165, 1.54) is 38.1 Å². The fourth-order valence-electron chi connectivity index (χ4n) is 7.75. The summed E-state index contributed by atoms with van der Waals surface area (Å²) in [4.78, 5) is 2.40. The molecule has 0 saturated heterocycles. The van der Waals surface area contributed by atoms with Gasteiger partial charge in [-0.15, -0.1) is 0 Å². The quantitative estimate of drug-likeness (QED) is 0.187. The number of fused-ring (bicyclic) bond motifs is 7. The van der Waals surface area contributed by atoms with E-state index in [9.17, 15) is 0 Å². The lowest BCUT2D eigenvalue weighted by Crippen LogP contribution is -2.11. The second kappa shape index (κ2) is 11.5. The van der Waals surface area contributed by atoms with Crippen LogP contribution in [0.1, 0.15) is 0 Å². The SMILES string of the molecule is c1ccc(-c2cc3c(oc4cccc(-c5ccc(N(c6cccc7ccccc67)c6cccc7ccccc67)cc5)c43)c3ccccc23)cc1. The summed E-state index contributed by atoms with van der Waals surface area (Å²) in [6.45, 7) is 0. The van der Waals surface area contributed by atoms with Gasteiger partial charge in [0.1, 0.15) is 11.2 Å².